The molecule has 1 aliphatic heterocycles. The molecule has 1 aromatic carbocycles. The maximum atomic E-state index is 10.7. The van der Waals surface area contributed by atoms with E-state index in [1.165, 1.54) is 6.07 Å². The zero-order valence-electron chi connectivity index (χ0n) is 10.3. The molecule has 0 fully saturated rings. The van der Waals surface area contributed by atoms with Crippen LogP contribution in [0, 0.1) is 0 Å². The molecule has 0 amide bonds. The molecule has 0 atom stereocenters. The van der Waals surface area contributed by atoms with Crippen molar-refractivity contribution in [1.29, 1.82) is 0 Å². The van der Waals surface area contributed by atoms with Crippen molar-refractivity contribution in [2.75, 3.05) is 0 Å². The fraction of sp³-hybridized carbons (Fsp3) is 0.231. The van der Waals surface area contributed by atoms with E-state index in [1.54, 1.807) is 18.2 Å². The van der Waals surface area contributed by atoms with Crippen LogP contribution in [-0.4, -0.2) is 22.0 Å². The summed E-state index contributed by atoms with van der Waals surface area (Å²) < 4.78 is 15.9. The topological polar surface area (TPSA) is 81.8 Å². The molecule has 1 aromatic heterocycles. The van der Waals surface area contributed by atoms with Crippen molar-refractivity contribution in [2.24, 2.45) is 0 Å². The van der Waals surface area contributed by atoms with Crippen LogP contribution in [0.3, 0.4) is 0 Å². The second kappa shape index (κ2) is 3.74. The zero-order chi connectivity index (χ0) is 13.6. The van der Waals surface area contributed by atoms with Crippen LogP contribution in [0.4, 0.5) is 0 Å². The van der Waals surface area contributed by atoms with E-state index in [1.807, 2.05) is 13.8 Å². The molecule has 19 heavy (non-hydrogen) atoms. The normalized spacial score (nSPS) is 15.5. The second-order valence-electron chi connectivity index (χ2n) is 4.65. The lowest BCUT2D eigenvalue weighted by Crippen LogP contribution is -2.29. The molecule has 0 saturated carbocycles. The number of hydrogen-bond acceptors (Lipinski definition) is 5. The van der Waals surface area contributed by atoms with Crippen molar-refractivity contribution < 1.29 is 23.9 Å². The molecule has 98 valence electrons. The van der Waals surface area contributed by atoms with Gasteiger partial charge < -0.3 is 19.1 Å². The van der Waals surface area contributed by atoms with Crippen LogP contribution in [-0.2, 0) is 0 Å². The average Bonchev–Trinajstić information content (AvgIpc) is 2.89. The number of benzene rings is 1. The van der Waals surface area contributed by atoms with Crippen molar-refractivity contribution >= 4 is 5.97 Å². The number of carbonyl (C=O) groups is 1. The van der Waals surface area contributed by atoms with Gasteiger partial charge in [0.25, 0.3) is 0 Å². The number of carboxylic acids is 1. The van der Waals surface area contributed by atoms with Crippen LogP contribution < -0.4 is 9.47 Å². The quantitative estimate of drug-likeness (QED) is 0.894. The van der Waals surface area contributed by atoms with Crippen LogP contribution in [0.15, 0.2) is 28.8 Å². The van der Waals surface area contributed by atoms with Gasteiger partial charge >= 0.3 is 5.97 Å². The van der Waals surface area contributed by atoms with E-state index < -0.39 is 11.8 Å². The predicted molar refractivity (Wildman–Crippen MR) is 64.2 cm³/mol. The fourth-order valence-corrected chi connectivity index (χ4v) is 1.89. The van der Waals surface area contributed by atoms with Crippen LogP contribution in [0.2, 0.25) is 0 Å². The minimum Gasteiger partial charge on any atom is -0.475 e. The number of fused-ring (bicyclic) bond motifs is 1. The summed E-state index contributed by atoms with van der Waals surface area (Å²) in [5.41, 5.74) is 1.14. The molecule has 0 unspecified atom stereocenters. The Bertz CT molecular complexity index is 659. The Kier molecular flexibility index (Phi) is 2.28. The smallest absolute Gasteiger partial charge is 0.374 e. The van der Waals surface area contributed by atoms with Crippen molar-refractivity contribution in [1.82, 2.24) is 5.16 Å². The summed E-state index contributed by atoms with van der Waals surface area (Å²) in [6.45, 7) is 3.62. The van der Waals surface area contributed by atoms with Gasteiger partial charge in [-0.3, -0.25) is 0 Å². The molecule has 6 heteroatoms. The highest BCUT2D eigenvalue weighted by Crippen LogP contribution is 2.41. The van der Waals surface area contributed by atoms with Crippen LogP contribution in [0.5, 0.6) is 11.5 Å². The highest BCUT2D eigenvalue weighted by Gasteiger charge is 2.31. The third kappa shape index (κ3) is 2.01. The van der Waals surface area contributed by atoms with Crippen molar-refractivity contribution in [3.8, 4) is 22.8 Å². The minimum absolute atomic E-state index is 0.201. The van der Waals surface area contributed by atoms with Gasteiger partial charge in [-0.1, -0.05) is 5.16 Å². The zero-order valence-corrected chi connectivity index (χ0v) is 10.3. The molecular formula is C13H11NO5. The average molecular weight is 261 g/mol. The monoisotopic (exact) mass is 261 g/mol. The van der Waals surface area contributed by atoms with Crippen LogP contribution >= 0.6 is 0 Å². The van der Waals surface area contributed by atoms with Crippen molar-refractivity contribution in [3.63, 3.8) is 0 Å². The molecule has 6 nitrogen and oxygen atoms in total. The SMILES string of the molecule is CC1(C)Oc2ccc(-c3cc(C(=O)O)on3)cc2O1. The Balaban J connectivity index is 1.97. The number of rotatable bonds is 2. The molecule has 2 heterocycles. The number of carboxylic acid groups (broad SMARTS) is 1. The van der Waals surface area contributed by atoms with Gasteiger partial charge in [0, 0.05) is 25.5 Å². The van der Waals surface area contributed by atoms with Gasteiger partial charge in [-0.25, -0.2) is 4.79 Å². The summed E-state index contributed by atoms with van der Waals surface area (Å²) in [6.07, 6.45) is 0. The maximum absolute atomic E-state index is 10.7. The Labute approximate surface area is 108 Å². The highest BCUT2D eigenvalue weighted by atomic mass is 16.7. The van der Waals surface area contributed by atoms with Gasteiger partial charge in [0.05, 0.1) is 0 Å². The van der Waals surface area contributed by atoms with E-state index in [4.69, 9.17) is 19.1 Å². The van der Waals surface area contributed by atoms with E-state index in [0.717, 1.165) is 0 Å². The number of aromatic carboxylic acids is 1. The van der Waals surface area contributed by atoms with Crippen molar-refractivity contribution in [3.05, 3.63) is 30.0 Å². The minimum atomic E-state index is -1.15. The van der Waals surface area contributed by atoms with E-state index in [0.29, 0.717) is 22.8 Å². The van der Waals surface area contributed by atoms with Gasteiger partial charge in [0.1, 0.15) is 5.69 Å². The lowest BCUT2D eigenvalue weighted by Gasteiger charge is -2.16. The number of hydrogen-bond donors (Lipinski definition) is 1. The predicted octanol–water partition coefficient (Wildman–Crippen LogP) is 2.55. The highest BCUT2D eigenvalue weighted by molar-refractivity contribution is 5.85. The van der Waals surface area contributed by atoms with E-state index in [2.05, 4.69) is 5.16 Å². The first-order valence-electron chi connectivity index (χ1n) is 5.67. The molecule has 0 aliphatic carbocycles. The number of aromatic nitrogens is 1. The lowest BCUT2D eigenvalue weighted by atomic mass is 10.1. The summed E-state index contributed by atoms with van der Waals surface area (Å²) in [6, 6.07) is 6.64. The molecule has 1 aliphatic rings. The van der Waals surface area contributed by atoms with Gasteiger partial charge in [-0.05, 0) is 18.2 Å². The molecule has 2 aromatic rings. The van der Waals surface area contributed by atoms with Gasteiger partial charge in [0.2, 0.25) is 11.5 Å². The third-order valence-corrected chi connectivity index (χ3v) is 2.67. The summed E-state index contributed by atoms with van der Waals surface area (Å²) in [7, 11) is 0. The Morgan fingerprint density at radius 1 is 1.21 bits per heavy atom. The second-order valence-corrected chi connectivity index (χ2v) is 4.65. The van der Waals surface area contributed by atoms with Crippen LogP contribution in [0.1, 0.15) is 24.4 Å². The first-order chi connectivity index (χ1) is 8.94. The standard InChI is InChI=1S/C13H11NO5/c1-13(2)17-9-4-3-7(5-10(9)18-13)8-6-11(12(15)16)19-14-8/h3-6H,1-2H3,(H,15,16). The Morgan fingerprint density at radius 2 is 1.95 bits per heavy atom. The maximum Gasteiger partial charge on any atom is 0.374 e. The molecule has 0 radical (unpaired) electrons. The molecule has 1 N–H and O–H groups in total. The third-order valence-electron chi connectivity index (χ3n) is 2.67. The molecule has 0 spiro atoms. The van der Waals surface area contributed by atoms with Crippen LogP contribution in [0.25, 0.3) is 11.3 Å². The summed E-state index contributed by atoms with van der Waals surface area (Å²) in [5.74, 6) is -0.802. The summed E-state index contributed by atoms with van der Waals surface area (Å²) in [4.78, 5) is 10.7. The molecular weight excluding hydrogens is 250 g/mol. The van der Waals surface area contributed by atoms with E-state index >= 15 is 0 Å². The summed E-state index contributed by atoms with van der Waals surface area (Å²) in [5, 5.41) is 12.5. The first-order valence-corrected chi connectivity index (χ1v) is 5.67. The first kappa shape index (κ1) is 11.6. The van der Waals surface area contributed by atoms with Gasteiger partial charge in [-0.2, -0.15) is 0 Å². The Morgan fingerprint density at radius 3 is 2.63 bits per heavy atom. The van der Waals surface area contributed by atoms with E-state index in [9.17, 15) is 4.79 Å². The van der Waals surface area contributed by atoms with E-state index in [-0.39, 0.29) is 5.76 Å². The molecule has 3 rings (SSSR count). The number of ether oxygens (including phenoxy) is 2. The number of nitrogens with zero attached hydrogens (tertiary/aromatic N) is 1. The largest absolute Gasteiger partial charge is 0.475 e. The fourth-order valence-electron chi connectivity index (χ4n) is 1.89. The molecule has 0 bridgehead atoms. The van der Waals surface area contributed by atoms with Crippen molar-refractivity contribution in [2.45, 2.75) is 19.6 Å². The van der Waals surface area contributed by atoms with Gasteiger partial charge in [0.15, 0.2) is 11.5 Å². The lowest BCUT2D eigenvalue weighted by molar-refractivity contribution is -0.0431. The molecule has 0 saturated heterocycles. The van der Waals surface area contributed by atoms with Gasteiger partial charge in [-0.15, -0.1) is 0 Å². The Hall–Kier alpha value is -2.50. The summed E-state index contributed by atoms with van der Waals surface area (Å²) >= 11 is 0.